The third-order valence-corrected chi connectivity index (χ3v) is 4.20. The van der Waals surface area contributed by atoms with E-state index in [1.807, 2.05) is 13.8 Å². The first kappa shape index (κ1) is 16.2. The Morgan fingerprint density at radius 1 is 1.37 bits per heavy atom. The number of carbonyl (C=O) groups excluding carboxylic acids is 2. The first-order valence-corrected chi connectivity index (χ1v) is 7.80. The summed E-state index contributed by atoms with van der Waals surface area (Å²) in [4.78, 5) is 23.7. The van der Waals surface area contributed by atoms with Gasteiger partial charge < -0.3 is 4.74 Å². The number of Topliss-reactive ketones (excluding diaryl/α,β-unsaturated/α-hetero) is 1. The monoisotopic (exact) mass is 268 g/mol. The number of carbonyl (C=O) groups is 2. The normalized spacial score (nSPS) is 24.5. The SMILES string of the molecule is CCCCCC1C(=O)CCC1CC(=O)OC(C)CC. The lowest BCUT2D eigenvalue weighted by atomic mass is 9.88. The summed E-state index contributed by atoms with van der Waals surface area (Å²) in [6, 6.07) is 0. The molecule has 0 amide bonds. The van der Waals surface area contributed by atoms with Crippen LogP contribution in [0.25, 0.3) is 0 Å². The fourth-order valence-corrected chi connectivity index (χ4v) is 2.80. The summed E-state index contributed by atoms with van der Waals surface area (Å²) in [7, 11) is 0. The molecule has 0 radical (unpaired) electrons. The van der Waals surface area contributed by atoms with Gasteiger partial charge in [0.2, 0.25) is 0 Å². The van der Waals surface area contributed by atoms with Gasteiger partial charge in [0.15, 0.2) is 0 Å². The highest BCUT2D eigenvalue weighted by Crippen LogP contribution is 2.35. The van der Waals surface area contributed by atoms with Crippen molar-refractivity contribution in [3.63, 3.8) is 0 Å². The van der Waals surface area contributed by atoms with Crippen LogP contribution < -0.4 is 0 Å². The topological polar surface area (TPSA) is 43.4 Å². The van der Waals surface area contributed by atoms with Gasteiger partial charge in [-0.25, -0.2) is 0 Å². The van der Waals surface area contributed by atoms with Crippen molar-refractivity contribution >= 4 is 11.8 Å². The number of hydrogen-bond acceptors (Lipinski definition) is 3. The van der Waals surface area contributed by atoms with Crippen molar-refractivity contribution in [2.45, 2.75) is 78.2 Å². The minimum atomic E-state index is -0.130. The second kappa shape index (κ2) is 8.34. The Labute approximate surface area is 117 Å². The zero-order valence-electron chi connectivity index (χ0n) is 12.6. The second-order valence-electron chi connectivity index (χ2n) is 5.78. The van der Waals surface area contributed by atoms with Crippen LogP contribution in [0.5, 0.6) is 0 Å². The molecule has 0 aliphatic heterocycles. The number of unbranched alkanes of at least 4 members (excludes halogenated alkanes) is 2. The number of ether oxygens (including phenoxy) is 1. The van der Waals surface area contributed by atoms with Crippen LogP contribution in [0.2, 0.25) is 0 Å². The summed E-state index contributed by atoms with van der Waals surface area (Å²) in [5, 5.41) is 0. The van der Waals surface area contributed by atoms with Crippen LogP contribution in [0.4, 0.5) is 0 Å². The molecular formula is C16H28O3. The van der Waals surface area contributed by atoms with Crippen LogP contribution >= 0.6 is 0 Å². The van der Waals surface area contributed by atoms with Crippen molar-refractivity contribution in [2.24, 2.45) is 11.8 Å². The molecule has 1 saturated carbocycles. The summed E-state index contributed by atoms with van der Waals surface area (Å²) >= 11 is 0. The number of hydrogen-bond donors (Lipinski definition) is 0. The maximum absolute atomic E-state index is 11.9. The molecule has 3 atom stereocenters. The van der Waals surface area contributed by atoms with Crippen LogP contribution in [-0.4, -0.2) is 17.9 Å². The average molecular weight is 268 g/mol. The molecule has 19 heavy (non-hydrogen) atoms. The van der Waals surface area contributed by atoms with Gasteiger partial charge in [-0.3, -0.25) is 9.59 Å². The van der Waals surface area contributed by atoms with Gasteiger partial charge >= 0.3 is 5.97 Å². The van der Waals surface area contributed by atoms with Crippen molar-refractivity contribution in [2.75, 3.05) is 0 Å². The molecule has 0 aromatic carbocycles. The molecule has 0 spiro atoms. The molecule has 3 heteroatoms. The molecule has 0 bridgehead atoms. The van der Waals surface area contributed by atoms with E-state index in [0.29, 0.717) is 18.6 Å². The molecule has 0 saturated heterocycles. The summed E-state index contributed by atoms with van der Waals surface area (Å²) in [5.41, 5.74) is 0. The quantitative estimate of drug-likeness (QED) is 0.495. The highest BCUT2D eigenvalue weighted by Gasteiger charge is 2.35. The largest absolute Gasteiger partial charge is 0.463 e. The van der Waals surface area contributed by atoms with Crippen molar-refractivity contribution in [1.29, 1.82) is 0 Å². The molecule has 0 N–H and O–H groups in total. The summed E-state index contributed by atoms with van der Waals surface area (Å²) in [6.07, 6.45) is 7.17. The molecule has 0 aromatic rings. The van der Waals surface area contributed by atoms with E-state index in [1.54, 1.807) is 0 Å². The number of esters is 1. The van der Waals surface area contributed by atoms with Gasteiger partial charge in [-0.05, 0) is 32.1 Å². The Balaban J connectivity index is 2.42. The molecule has 1 aliphatic rings. The van der Waals surface area contributed by atoms with Gasteiger partial charge in [-0.1, -0.05) is 33.1 Å². The van der Waals surface area contributed by atoms with E-state index in [4.69, 9.17) is 4.74 Å². The minimum absolute atomic E-state index is 0.0110. The van der Waals surface area contributed by atoms with E-state index < -0.39 is 0 Å². The zero-order chi connectivity index (χ0) is 14.3. The van der Waals surface area contributed by atoms with Gasteiger partial charge in [0.05, 0.1) is 6.10 Å². The van der Waals surface area contributed by atoms with E-state index in [1.165, 1.54) is 12.8 Å². The molecular weight excluding hydrogens is 240 g/mol. The van der Waals surface area contributed by atoms with Crippen LogP contribution in [-0.2, 0) is 14.3 Å². The minimum Gasteiger partial charge on any atom is -0.463 e. The predicted octanol–water partition coefficient (Wildman–Crippen LogP) is 3.89. The van der Waals surface area contributed by atoms with Crippen LogP contribution in [0, 0.1) is 11.8 Å². The van der Waals surface area contributed by atoms with Crippen molar-refractivity contribution in [3.05, 3.63) is 0 Å². The molecule has 0 heterocycles. The molecule has 1 aliphatic carbocycles. The molecule has 1 rings (SSSR count). The van der Waals surface area contributed by atoms with Gasteiger partial charge in [0.1, 0.15) is 5.78 Å². The van der Waals surface area contributed by atoms with Crippen molar-refractivity contribution < 1.29 is 14.3 Å². The number of ketones is 1. The first-order chi connectivity index (χ1) is 9.08. The molecule has 0 aromatic heterocycles. The first-order valence-electron chi connectivity index (χ1n) is 7.80. The summed E-state index contributed by atoms with van der Waals surface area (Å²) < 4.78 is 5.32. The highest BCUT2D eigenvalue weighted by molar-refractivity contribution is 5.84. The van der Waals surface area contributed by atoms with Gasteiger partial charge in [-0.15, -0.1) is 0 Å². The van der Waals surface area contributed by atoms with Crippen LogP contribution in [0.3, 0.4) is 0 Å². The molecule has 3 nitrogen and oxygen atoms in total. The Bertz CT molecular complexity index is 298. The molecule has 1 fully saturated rings. The number of rotatable bonds is 8. The summed E-state index contributed by atoms with van der Waals surface area (Å²) in [6.45, 7) is 6.08. The average Bonchev–Trinajstić information content (AvgIpc) is 2.71. The van der Waals surface area contributed by atoms with Crippen LogP contribution in [0.1, 0.15) is 72.1 Å². The fourth-order valence-electron chi connectivity index (χ4n) is 2.80. The fraction of sp³-hybridized carbons (Fsp3) is 0.875. The third kappa shape index (κ3) is 5.33. The molecule has 3 unspecified atom stereocenters. The van der Waals surface area contributed by atoms with E-state index in [0.717, 1.165) is 25.7 Å². The van der Waals surface area contributed by atoms with Gasteiger partial charge in [-0.2, -0.15) is 0 Å². The Morgan fingerprint density at radius 2 is 2.11 bits per heavy atom. The third-order valence-electron chi connectivity index (χ3n) is 4.20. The van der Waals surface area contributed by atoms with Gasteiger partial charge in [0, 0.05) is 18.8 Å². The zero-order valence-corrected chi connectivity index (χ0v) is 12.6. The standard InChI is InChI=1S/C16H28O3/c1-4-6-7-8-14-13(9-10-15(14)17)11-16(18)19-12(3)5-2/h12-14H,4-11H2,1-3H3. The molecule has 110 valence electrons. The lowest BCUT2D eigenvalue weighted by Crippen LogP contribution is -2.21. The lowest BCUT2D eigenvalue weighted by Gasteiger charge is -2.19. The Morgan fingerprint density at radius 3 is 2.74 bits per heavy atom. The van der Waals surface area contributed by atoms with Gasteiger partial charge in [0.25, 0.3) is 0 Å². The predicted molar refractivity (Wildman–Crippen MR) is 75.8 cm³/mol. The van der Waals surface area contributed by atoms with E-state index >= 15 is 0 Å². The second-order valence-corrected chi connectivity index (χ2v) is 5.78. The van der Waals surface area contributed by atoms with Crippen molar-refractivity contribution in [1.82, 2.24) is 0 Å². The maximum Gasteiger partial charge on any atom is 0.306 e. The smallest absolute Gasteiger partial charge is 0.306 e. The highest BCUT2D eigenvalue weighted by atomic mass is 16.5. The maximum atomic E-state index is 11.9. The summed E-state index contributed by atoms with van der Waals surface area (Å²) in [5.74, 6) is 0.559. The van der Waals surface area contributed by atoms with Crippen LogP contribution in [0.15, 0.2) is 0 Å². The lowest BCUT2D eigenvalue weighted by molar-refractivity contribution is -0.149. The Hall–Kier alpha value is -0.860. The van der Waals surface area contributed by atoms with E-state index in [9.17, 15) is 9.59 Å². The van der Waals surface area contributed by atoms with Crippen molar-refractivity contribution in [3.8, 4) is 0 Å². The Kier molecular flexibility index (Phi) is 7.11. The van der Waals surface area contributed by atoms with E-state index in [-0.39, 0.29) is 23.9 Å². The van der Waals surface area contributed by atoms with E-state index in [2.05, 4.69) is 6.92 Å².